The van der Waals surface area contributed by atoms with Crippen LogP contribution in [0.1, 0.15) is 56.3 Å². The number of benzene rings is 2. The second kappa shape index (κ2) is 13.4. The number of halogens is 1. The predicted molar refractivity (Wildman–Crippen MR) is 158 cm³/mol. The van der Waals surface area contributed by atoms with Gasteiger partial charge in [0.1, 0.15) is 6.10 Å². The van der Waals surface area contributed by atoms with Gasteiger partial charge < -0.3 is 25.4 Å². The maximum atomic E-state index is 13.7. The molecule has 4 rings (SSSR count). The summed E-state index contributed by atoms with van der Waals surface area (Å²) >= 11 is 5.95. The highest BCUT2D eigenvalue weighted by Crippen LogP contribution is 2.35. The first-order chi connectivity index (χ1) is 19.5. The molecule has 41 heavy (non-hydrogen) atoms. The molecule has 2 aromatic carbocycles. The number of rotatable bonds is 8. The van der Waals surface area contributed by atoms with Gasteiger partial charge in [0.2, 0.25) is 10.0 Å². The molecule has 1 fully saturated rings. The van der Waals surface area contributed by atoms with Gasteiger partial charge in [-0.25, -0.2) is 13.2 Å². The molecular weight excluding hydrogens is 568 g/mol. The Morgan fingerprint density at radius 2 is 1.85 bits per heavy atom. The lowest BCUT2D eigenvalue weighted by Crippen LogP contribution is -2.50. The van der Waals surface area contributed by atoms with Crippen LogP contribution in [0.4, 0.5) is 10.5 Å². The van der Waals surface area contributed by atoms with Gasteiger partial charge in [-0.3, -0.25) is 4.79 Å². The highest BCUT2D eigenvalue weighted by molar-refractivity contribution is 7.89. The van der Waals surface area contributed by atoms with Crippen LogP contribution in [0.15, 0.2) is 47.4 Å². The number of anilines is 1. The molecule has 0 radical (unpaired) electrons. The first-order valence-corrected chi connectivity index (χ1v) is 15.8. The molecule has 0 spiro atoms. The van der Waals surface area contributed by atoms with Crippen LogP contribution in [0, 0.1) is 5.92 Å². The number of carbonyl (C=O) groups is 2. The highest BCUT2D eigenvalue weighted by Gasteiger charge is 2.36. The van der Waals surface area contributed by atoms with E-state index in [-0.39, 0.29) is 53.8 Å². The van der Waals surface area contributed by atoms with E-state index in [4.69, 9.17) is 16.3 Å². The molecule has 0 unspecified atom stereocenters. The third-order valence-electron chi connectivity index (χ3n) is 7.84. The first-order valence-electron chi connectivity index (χ1n) is 14.0. The van der Waals surface area contributed by atoms with E-state index in [1.807, 2.05) is 6.92 Å². The minimum atomic E-state index is -3.87. The maximum absolute atomic E-state index is 13.7. The largest absolute Gasteiger partial charge is 0.486 e. The number of carbonyl (C=O) groups excluding carboxylic acids is 2. The molecule has 0 bridgehead atoms. The normalized spacial score (nSPS) is 20.9. The minimum Gasteiger partial charge on any atom is -0.486 e. The Morgan fingerprint density at radius 1 is 1.17 bits per heavy atom. The number of ether oxygens (including phenoxy) is 1. The number of amides is 3. The van der Waals surface area contributed by atoms with Crippen molar-refractivity contribution in [3.8, 4) is 5.75 Å². The molecule has 3 N–H and O–H groups in total. The number of hydrogen-bond donors (Lipinski definition) is 3. The van der Waals surface area contributed by atoms with Crippen LogP contribution in [-0.4, -0.2) is 79.6 Å². The Hall–Kier alpha value is -2.86. The van der Waals surface area contributed by atoms with Gasteiger partial charge in [-0.1, -0.05) is 43.9 Å². The van der Waals surface area contributed by atoms with Crippen LogP contribution in [-0.2, 0) is 10.0 Å². The van der Waals surface area contributed by atoms with Gasteiger partial charge in [0.05, 0.1) is 35.3 Å². The average Bonchev–Trinajstić information content (AvgIpc) is 2.95. The smallest absolute Gasteiger partial charge is 0.319 e. The van der Waals surface area contributed by atoms with Gasteiger partial charge in [0.15, 0.2) is 5.75 Å². The van der Waals surface area contributed by atoms with E-state index in [0.717, 1.165) is 32.1 Å². The number of sulfonamides is 1. The van der Waals surface area contributed by atoms with Crippen molar-refractivity contribution in [3.63, 3.8) is 0 Å². The number of nitrogens with one attached hydrogen (secondary N) is 2. The zero-order chi connectivity index (χ0) is 29.7. The number of urea groups is 1. The molecule has 1 aliphatic carbocycles. The lowest BCUT2D eigenvalue weighted by Gasteiger charge is -2.38. The van der Waals surface area contributed by atoms with Crippen molar-refractivity contribution in [1.82, 2.24) is 14.5 Å². The van der Waals surface area contributed by atoms with Crippen molar-refractivity contribution in [1.29, 1.82) is 0 Å². The predicted octanol–water partition coefficient (Wildman–Crippen LogP) is 4.34. The SMILES string of the molecule is C[C@@H]1CN([C@H](C)CO)C(=O)c2cccc(NC(=O)NC3CCCCC3)c2O[C@H]1CN(C)S(=O)(=O)c1ccc(Cl)cc1. The van der Waals surface area contributed by atoms with Crippen LogP contribution in [0.5, 0.6) is 5.75 Å². The third-order valence-corrected chi connectivity index (χ3v) is 9.93. The molecule has 0 aromatic heterocycles. The number of fused-ring (bicyclic) bond motifs is 1. The van der Waals surface area contributed by atoms with Crippen molar-refractivity contribution in [2.24, 2.45) is 5.92 Å². The number of nitrogens with zero attached hydrogens (tertiary/aromatic N) is 2. The Balaban J connectivity index is 1.65. The van der Waals surface area contributed by atoms with E-state index in [0.29, 0.717) is 10.7 Å². The molecular formula is C29H39ClN4O6S. The minimum absolute atomic E-state index is 0.0241. The quantitative estimate of drug-likeness (QED) is 0.410. The molecule has 2 aromatic rings. The molecule has 2 aliphatic rings. The molecule has 224 valence electrons. The summed E-state index contributed by atoms with van der Waals surface area (Å²) in [5.74, 6) is -0.501. The number of aliphatic hydroxyl groups is 1. The Morgan fingerprint density at radius 3 is 2.51 bits per heavy atom. The van der Waals surface area contributed by atoms with Crippen molar-refractivity contribution in [2.45, 2.75) is 69.0 Å². The fourth-order valence-electron chi connectivity index (χ4n) is 5.29. The maximum Gasteiger partial charge on any atom is 0.319 e. The summed E-state index contributed by atoms with van der Waals surface area (Å²) in [4.78, 5) is 28.3. The second-order valence-electron chi connectivity index (χ2n) is 11.0. The molecule has 0 saturated heterocycles. The van der Waals surface area contributed by atoms with Crippen molar-refractivity contribution in [3.05, 3.63) is 53.1 Å². The molecule has 1 heterocycles. The highest BCUT2D eigenvalue weighted by atomic mass is 35.5. The standard InChI is InChI=1S/C29H39ClN4O6S/c1-19-16-34(20(2)18-35)28(36)24-10-7-11-25(32-29(37)31-22-8-5-4-6-9-22)27(24)40-26(19)17-33(3)41(38,39)23-14-12-21(30)13-15-23/h7,10-15,19-20,22,26,35H,4-6,8-9,16-18H2,1-3H3,(H2,31,32,37)/t19-,20-,26+/m1/s1. The Kier molecular flexibility index (Phi) is 10.2. The third kappa shape index (κ3) is 7.32. The van der Waals surface area contributed by atoms with E-state index >= 15 is 0 Å². The van der Waals surface area contributed by atoms with Crippen LogP contribution in [0.2, 0.25) is 5.02 Å². The zero-order valence-corrected chi connectivity index (χ0v) is 25.2. The number of hydrogen-bond acceptors (Lipinski definition) is 6. The molecule has 1 aliphatic heterocycles. The van der Waals surface area contributed by atoms with Gasteiger partial charge in [-0.2, -0.15) is 4.31 Å². The van der Waals surface area contributed by atoms with E-state index in [1.165, 1.54) is 35.6 Å². The number of para-hydroxylation sites is 1. The van der Waals surface area contributed by atoms with Crippen molar-refractivity contribution >= 4 is 39.2 Å². The summed E-state index contributed by atoms with van der Waals surface area (Å²) in [7, 11) is -2.40. The average molecular weight is 607 g/mol. The lowest BCUT2D eigenvalue weighted by molar-refractivity contribution is 0.0389. The first kappa shape index (κ1) is 31.1. The topological polar surface area (TPSA) is 128 Å². The molecule has 3 amide bonds. The van der Waals surface area contributed by atoms with Gasteiger partial charge in [-0.05, 0) is 56.2 Å². The van der Waals surface area contributed by atoms with Gasteiger partial charge in [0.25, 0.3) is 5.91 Å². The van der Waals surface area contributed by atoms with Crippen LogP contribution < -0.4 is 15.4 Å². The summed E-state index contributed by atoms with van der Waals surface area (Å²) in [5.41, 5.74) is 0.531. The van der Waals surface area contributed by atoms with Gasteiger partial charge in [-0.15, -0.1) is 0 Å². The Bertz CT molecular complexity index is 1330. The molecule has 1 saturated carbocycles. The van der Waals surface area contributed by atoms with E-state index < -0.39 is 28.2 Å². The fourth-order valence-corrected chi connectivity index (χ4v) is 6.60. The van der Waals surface area contributed by atoms with Crippen LogP contribution >= 0.6 is 11.6 Å². The summed E-state index contributed by atoms with van der Waals surface area (Å²) in [6.07, 6.45) is 4.43. The molecule has 12 heteroatoms. The van der Waals surface area contributed by atoms with Gasteiger partial charge in [0, 0.05) is 30.6 Å². The summed E-state index contributed by atoms with van der Waals surface area (Å²) in [6.45, 7) is 3.59. The Labute approximate surface area is 247 Å². The summed E-state index contributed by atoms with van der Waals surface area (Å²) in [5, 5.41) is 16.2. The fraction of sp³-hybridized carbons (Fsp3) is 0.517. The number of likely N-dealkylation sites (N-methyl/N-ethyl adjacent to an activating group) is 1. The lowest BCUT2D eigenvalue weighted by atomic mass is 9.96. The van der Waals surface area contributed by atoms with E-state index in [2.05, 4.69) is 10.6 Å². The van der Waals surface area contributed by atoms with Crippen LogP contribution in [0.25, 0.3) is 0 Å². The van der Waals surface area contributed by atoms with E-state index in [9.17, 15) is 23.1 Å². The van der Waals surface area contributed by atoms with Gasteiger partial charge >= 0.3 is 6.03 Å². The number of aliphatic hydroxyl groups excluding tert-OH is 1. The summed E-state index contributed by atoms with van der Waals surface area (Å²) in [6, 6.07) is 10.1. The summed E-state index contributed by atoms with van der Waals surface area (Å²) < 4.78 is 34.4. The molecule has 10 nitrogen and oxygen atoms in total. The van der Waals surface area contributed by atoms with Crippen LogP contribution in [0.3, 0.4) is 0 Å². The van der Waals surface area contributed by atoms with Crippen molar-refractivity contribution in [2.75, 3.05) is 32.1 Å². The van der Waals surface area contributed by atoms with E-state index in [1.54, 1.807) is 30.0 Å². The zero-order valence-electron chi connectivity index (χ0n) is 23.7. The second-order valence-corrected chi connectivity index (χ2v) is 13.5. The van der Waals surface area contributed by atoms with Crippen molar-refractivity contribution < 1.29 is 27.9 Å². The monoisotopic (exact) mass is 606 g/mol. The molecule has 3 atom stereocenters.